The Labute approximate surface area is 122 Å². The average molecular weight is 274 g/mol. The van der Waals surface area contributed by atoms with Gasteiger partial charge in [-0.15, -0.1) is 0 Å². The van der Waals surface area contributed by atoms with Crippen molar-refractivity contribution in [2.75, 3.05) is 6.54 Å². The second-order valence-electron chi connectivity index (χ2n) is 6.32. The Hall–Kier alpha value is -0.900. The fraction of sp³-hybridized carbons (Fsp3) is 0.647. The van der Waals surface area contributed by atoms with E-state index in [4.69, 9.17) is 10.5 Å². The molecule has 110 valence electrons. The topological polar surface area (TPSA) is 38.5 Å². The summed E-state index contributed by atoms with van der Waals surface area (Å²) in [5, 5.41) is 0. The third-order valence-corrected chi connectivity index (χ3v) is 4.81. The Morgan fingerprint density at radius 1 is 1.20 bits per heavy atom. The van der Waals surface area contributed by atoms with Crippen LogP contribution in [0.4, 0.5) is 0 Å². The van der Waals surface area contributed by atoms with E-state index in [-0.39, 0.29) is 6.10 Å². The monoisotopic (exact) mass is 274 g/mol. The lowest BCUT2D eigenvalue weighted by Crippen LogP contribution is -2.46. The molecule has 20 heavy (non-hydrogen) atoms. The first-order chi connectivity index (χ1) is 9.76. The van der Waals surface area contributed by atoms with Crippen LogP contribution < -0.4 is 5.73 Å². The molecular formula is C17H26N2O. The summed E-state index contributed by atoms with van der Waals surface area (Å²) >= 11 is 0. The Bertz CT molecular complexity index is 408. The zero-order valence-corrected chi connectivity index (χ0v) is 12.4. The quantitative estimate of drug-likeness (QED) is 0.897. The van der Waals surface area contributed by atoms with E-state index in [9.17, 15) is 0 Å². The van der Waals surface area contributed by atoms with Gasteiger partial charge >= 0.3 is 0 Å². The highest BCUT2D eigenvalue weighted by molar-refractivity contribution is 5.15. The van der Waals surface area contributed by atoms with Crippen molar-refractivity contribution < 1.29 is 4.74 Å². The minimum atomic E-state index is 0.195. The van der Waals surface area contributed by atoms with Crippen LogP contribution in [0.25, 0.3) is 0 Å². The number of fused-ring (bicyclic) bond motifs is 2. The van der Waals surface area contributed by atoms with Crippen molar-refractivity contribution in [1.29, 1.82) is 0 Å². The maximum absolute atomic E-state index is 6.07. The summed E-state index contributed by atoms with van der Waals surface area (Å²) in [7, 11) is 0. The van der Waals surface area contributed by atoms with Crippen molar-refractivity contribution in [2.45, 2.75) is 63.4 Å². The van der Waals surface area contributed by atoms with Gasteiger partial charge in [0.1, 0.15) is 0 Å². The van der Waals surface area contributed by atoms with Gasteiger partial charge in [-0.2, -0.15) is 0 Å². The minimum absolute atomic E-state index is 0.195. The maximum atomic E-state index is 6.07. The van der Waals surface area contributed by atoms with E-state index in [0.29, 0.717) is 24.7 Å². The van der Waals surface area contributed by atoms with Gasteiger partial charge in [0.2, 0.25) is 0 Å². The normalized spacial score (nSPS) is 31.4. The molecule has 0 aliphatic carbocycles. The Morgan fingerprint density at radius 2 is 1.85 bits per heavy atom. The summed E-state index contributed by atoms with van der Waals surface area (Å²) in [6, 6.07) is 12.2. The molecule has 0 saturated carbocycles. The van der Waals surface area contributed by atoms with E-state index < -0.39 is 0 Å². The van der Waals surface area contributed by atoms with Gasteiger partial charge in [0.05, 0.1) is 12.2 Å². The molecule has 2 N–H and O–H groups in total. The van der Waals surface area contributed by atoms with Crippen LogP contribution in [0.3, 0.4) is 0 Å². The van der Waals surface area contributed by atoms with E-state index in [1.807, 2.05) is 0 Å². The lowest BCUT2D eigenvalue weighted by Gasteiger charge is -2.39. The Kier molecular flexibility index (Phi) is 4.39. The lowest BCUT2D eigenvalue weighted by molar-refractivity contribution is -0.0527. The van der Waals surface area contributed by atoms with Gasteiger partial charge in [0.25, 0.3) is 0 Å². The summed E-state index contributed by atoms with van der Waals surface area (Å²) in [4.78, 5) is 2.70. The minimum Gasteiger partial charge on any atom is -0.374 e. The molecule has 3 unspecified atom stereocenters. The van der Waals surface area contributed by atoms with Crippen LogP contribution in [0.5, 0.6) is 0 Å². The summed E-state index contributed by atoms with van der Waals surface area (Å²) in [5.74, 6) is 0. The van der Waals surface area contributed by atoms with Gasteiger partial charge < -0.3 is 10.5 Å². The van der Waals surface area contributed by atoms with Crippen LogP contribution in [0.15, 0.2) is 30.3 Å². The molecule has 2 fully saturated rings. The molecule has 0 aromatic heterocycles. The molecule has 2 heterocycles. The number of benzene rings is 1. The fourth-order valence-electron chi connectivity index (χ4n) is 3.77. The lowest BCUT2D eigenvalue weighted by atomic mass is 9.98. The zero-order chi connectivity index (χ0) is 13.9. The molecule has 2 saturated heterocycles. The molecule has 0 radical (unpaired) electrons. The molecule has 2 bridgehead atoms. The molecule has 3 rings (SSSR count). The largest absolute Gasteiger partial charge is 0.374 e. The molecule has 3 heteroatoms. The third kappa shape index (κ3) is 3.05. The Morgan fingerprint density at radius 3 is 2.45 bits per heavy atom. The van der Waals surface area contributed by atoms with Crippen molar-refractivity contribution in [3.63, 3.8) is 0 Å². The summed E-state index contributed by atoms with van der Waals surface area (Å²) in [6.07, 6.45) is 5.61. The van der Waals surface area contributed by atoms with Crippen LogP contribution in [0.2, 0.25) is 0 Å². The van der Waals surface area contributed by atoms with Crippen LogP contribution >= 0.6 is 0 Å². The van der Waals surface area contributed by atoms with E-state index >= 15 is 0 Å². The zero-order valence-electron chi connectivity index (χ0n) is 12.4. The van der Waals surface area contributed by atoms with Crippen LogP contribution in [-0.4, -0.2) is 35.7 Å². The molecule has 2 aliphatic rings. The van der Waals surface area contributed by atoms with E-state index in [2.05, 4.69) is 42.2 Å². The summed E-state index contributed by atoms with van der Waals surface area (Å²) in [5.41, 5.74) is 7.10. The SMILES string of the molecule is CC(CN)OC1CC2CCC(C1)N2Cc1ccccc1. The summed E-state index contributed by atoms with van der Waals surface area (Å²) < 4.78 is 6.07. The first-order valence-electron chi connectivity index (χ1n) is 7.91. The van der Waals surface area contributed by atoms with Crippen molar-refractivity contribution in [1.82, 2.24) is 4.90 Å². The number of rotatable bonds is 5. The number of nitrogens with zero attached hydrogens (tertiary/aromatic N) is 1. The first kappa shape index (κ1) is 14.1. The molecule has 0 spiro atoms. The molecule has 0 amide bonds. The maximum Gasteiger partial charge on any atom is 0.0672 e. The van der Waals surface area contributed by atoms with Crippen LogP contribution in [0, 0.1) is 0 Å². The van der Waals surface area contributed by atoms with Crippen molar-refractivity contribution in [3.05, 3.63) is 35.9 Å². The van der Waals surface area contributed by atoms with Gasteiger partial charge in [-0.25, -0.2) is 0 Å². The van der Waals surface area contributed by atoms with Gasteiger partial charge in [0, 0.05) is 25.2 Å². The molecule has 1 aromatic carbocycles. The fourth-order valence-corrected chi connectivity index (χ4v) is 3.77. The highest BCUT2D eigenvalue weighted by Gasteiger charge is 2.41. The van der Waals surface area contributed by atoms with Crippen LogP contribution in [-0.2, 0) is 11.3 Å². The predicted molar refractivity (Wildman–Crippen MR) is 81.4 cm³/mol. The molecule has 3 nitrogen and oxygen atoms in total. The van der Waals surface area contributed by atoms with Gasteiger partial charge in [-0.1, -0.05) is 30.3 Å². The number of piperidine rings is 1. The Balaban J connectivity index is 1.60. The predicted octanol–water partition coefficient (Wildman–Crippen LogP) is 2.55. The standard InChI is InChI=1S/C17H26N2O/c1-13(11-18)20-17-9-15-7-8-16(10-17)19(15)12-14-5-3-2-4-6-14/h2-6,13,15-17H,7-12,18H2,1H3. The van der Waals surface area contributed by atoms with E-state index in [1.165, 1.54) is 31.2 Å². The highest BCUT2D eigenvalue weighted by Crippen LogP contribution is 2.38. The van der Waals surface area contributed by atoms with E-state index in [0.717, 1.165) is 6.54 Å². The number of ether oxygens (including phenoxy) is 1. The molecule has 2 aliphatic heterocycles. The van der Waals surface area contributed by atoms with Crippen LogP contribution in [0.1, 0.15) is 38.2 Å². The first-order valence-corrected chi connectivity index (χ1v) is 7.91. The summed E-state index contributed by atoms with van der Waals surface area (Å²) in [6.45, 7) is 3.80. The number of nitrogens with two attached hydrogens (primary N) is 1. The number of hydrogen-bond donors (Lipinski definition) is 1. The molecule has 1 aromatic rings. The smallest absolute Gasteiger partial charge is 0.0672 e. The average Bonchev–Trinajstić information content (AvgIpc) is 2.71. The van der Waals surface area contributed by atoms with Gasteiger partial charge in [0.15, 0.2) is 0 Å². The van der Waals surface area contributed by atoms with E-state index in [1.54, 1.807) is 0 Å². The second kappa shape index (κ2) is 6.25. The third-order valence-electron chi connectivity index (χ3n) is 4.81. The van der Waals surface area contributed by atoms with Crippen molar-refractivity contribution in [3.8, 4) is 0 Å². The van der Waals surface area contributed by atoms with Gasteiger partial charge in [-0.3, -0.25) is 4.90 Å². The number of hydrogen-bond acceptors (Lipinski definition) is 3. The van der Waals surface area contributed by atoms with Crippen molar-refractivity contribution in [2.24, 2.45) is 5.73 Å². The second-order valence-corrected chi connectivity index (χ2v) is 6.32. The van der Waals surface area contributed by atoms with Gasteiger partial charge in [-0.05, 0) is 38.2 Å². The molecular weight excluding hydrogens is 248 g/mol. The molecule has 3 atom stereocenters. The van der Waals surface area contributed by atoms with Crippen molar-refractivity contribution >= 4 is 0 Å². The highest BCUT2D eigenvalue weighted by atomic mass is 16.5.